The Morgan fingerprint density at radius 2 is 2.36 bits per heavy atom. The van der Waals surface area contributed by atoms with Crippen LogP contribution in [0.15, 0.2) is 10.7 Å². The van der Waals surface area contributed by atoms with E-state index in [4.69, 9.17) is 16.7 Å². The van der Waals surface area contributed by atoms with Gasteiger partial charge in [-0.1, -0.05) is 11.6 Å². The summed E-state index contributed by atoms with van der Waals surface area (Å²) in [6.45, 7) is 0. The van der Waals surface area contributed by atoms with Gasteiger partial charge in [-0.25, -0.2) is 4.79 Å². The summed E-state index contributed by atoms with van der Waals surface area (Å²) in [6.07, 6.45) is 0.422. The number of halogens is 1. The zero-order chi connectivity index (χ0) is 9.59. The molecule has 14 heavy (non-hydrogen) atoms. The van der Waals surface area contributed by atoms with Crippen LogP contribution in [0.4, 0.5) is 0 Å². The molecule has 1 N–H and O–H groups in total. The van der Waals surface area contributed by atoms with Gasteiger partial charge < -0.3 is 6.53 Å². The minimum Gasteiger partial charge on any atom is -1.00 e. The van der Waals surface area contributed by atoms with Crippen molar-refractivity contribution < 1.29 is 45.7 Å². The monoisotopic (exact) mass is 243 g/mol. The molecule has 1 atom stereocenters. The summed E-state index contributed by atoms with van der Waals surface area (Å²) >= 11 is 7.22. The first-order valence-corrected chi connectivity index (χ1v) is 5.09. The van der Waals surface area contributed by atoms with Crippen molar-refractivity contribution in [1.82, 2.24) is 4.90 Å². The van der Waals surface area contributed by atoms with Crippen molar-refractivity contribution >= 4 is 35.2 Å². The second kappa shape index (κ2) is 4.45. The molecule has 0 saturated carbocycles. The molecule has 0 aromatic carbocycles. The van der Waals surface area contributed by atoms with Gasteiger partial charge >= 0.3 is 35.5 Å². The SMILES string of the molecule is O=C(O)C1=C(Cl)CSC2CC(=O)N12.[H-].[Na+]. The molecule has 2 rings (SSSR count). The van der Waals surface area contributed by atoms with Gasteiger partial charge in [0.2, 0.25) is 5.91 Å². The summed E-state index contributed by atoms with van der Waals surface area (Å²) in [7, 11) is 0. The minimum absolute atomic E-state index is 0. The van der Waals surface area contributed by atoms with Gasteiger partial charge in [-0.05, 0) is 0 Å². The van der Waals surface area contributed by atoms with Crippen LogP contribution in [0.3, 0.4) is 0 Å². The van der Waals surface area contributed by atoms with Crippen molar-refractivity contribution in [2.24, 2.45) is 0 Å². The summed E-state index contributed by atoms with van der Waals surface area (Å²) in [5.74, 6) is -0.798. The van der Waals surface area contributed by atoms with Crippen LogP contribution >= 0.6 is 23.4 Å². The Balaban J connectivity index is 0.000000980. The van der Waals surface area contributed by atoms with E-state index < -0.39 is 5.97 Å². The van der Waals surface area contributed by atoms with E-state index in [1.807, 2.05) is 0 Å². The van der Waals surface area contributed by atoms with Crippen molar-refractivity contribution in [2.45, 2.75) is 11.8 Å². The van der Waals surface area contributed by atoms with E-state index in [-0.39, 0.29) is 53.0 Å². The molecule has 2 aliphatic heterocycles. The molecule has 0 aromatic heterocycles. The fraction of sp³-hybridized carbons (Fsp3) is 0.429. The molecule has 2 heterocycles. The van der Waals surface area contributed by atoms with E-state index in [1.165, 1.54) is 16.7 Å². The van der Waals surface area contributed by atoms with E-state index in [2.05, 4.69) is 0 Å². The number of carbonyl (C=O) groups excluding carboxylic acids is 1. The third kappa shape index (κ3) is 1.84. The van der Waals surface area contributed by atoms with E-state index >= 15 is 0 Å². The molecule has 0 bridgehead atoms. The maximum atomic E-state index is 11.1. The number of hydrogen-bond acceptors (Lipinski definition) is 3. The molecule has 4 nitrogen and oxygen atoms in total. The summed E-state index contributed by atoms with van der Waals surface area (Å²) in [5.41, 5.74) is -0.0401. The van der Waals surface area contributed by atoms with Gasteiger partial charge in [0.25, 0.3) is 0 Å². The zero-order valence-corrected chi connectivity index (χ0v) is 11.1. The molecule has 1 unspecified atom stereocenters. The normalized spacial score (nSPS) is 25.1. The number of hydrogen-bond donors (Lipinski definition) is 1. The van der Waals surface area contributed by atoms with Gasteiger partial charge in [-0.3, -0.25) is 9.69 Å². The smallest absolute Gasteiger partial charge is 1.00 e. The molecule has 0 radical (unpaired) electrons. The summed E-state index contributed by atoms with van der Waals surface area (Å²) in [6, 6.07) is 0. The number of aliphatic carboxylic acids is 1. The third-order valence-corrected chi connectivity index (χ3v) is 3.70. The number of fused-ring (bicyclic) bond motifs is 1. The Labute approximate surface area is 113 Å². The minimum atomic E-state index is -1.12. The molecule has 1 fully saturated rings. The molecular weight excluding hydrogens is 237 g/mol. The zero-order valence-electron chi connectivity index (χ0n) is 8.49. The number of carboxylic acid groups (broad SMARTS) is 1. The van der Waals surface area contributed by atoms with E-state index in [0.717, 1.165) is 0 Å². The number of rotatable bonds is 1. The Bertz CT molecular complexity index is 338. The molecular formula is C7H7ClNNaO3S. The number of carboxylic acids is 1. The van der Waals surface area contributed by atoms with Crippen LogP contribution in [-0.2, 0) is 9.59 Å². The second-order valence-electron chi connectivity index (χ2n) is 2.79. The Hall–Kier alpha value is 0.320. The van der Waals surface area contributed by atoms with Gasteiger partial charge in [-0.2, -0.15) is 0 Å². The van der Waals surface area contributed by atoms with Crippen molar-refractivity contribution in [3.63, 3.8) is 0 Å². The molecule has 2 aliphatic rings. The molecule has 0 spiro atoms. The fourth-order valence-corrected chi connectivity index (χ4v) is 2.85. The average molecular weight is 244 g/mol. The fourth-order valence-electron chi connectivity index (χ4n) is 1.38. The van der Waals surface area contributed by atoms with Crippen LogP contribution in [0.5, 0.6) is 0 Å². The molecule has 1 saturated heterocycles. The van der Waals surface area contributed by atoms with Gasteiger partial charge in [0.05, 0.1) is 16.8 Å². The van der Waals surface area contributed by atoms with E-state index in [1.54, 1.807) is 0 Å². The van der Waals surface area contributed by atoms with Crippen LogP contribution < -0.4 is 29.6 Å². The predicted molar refractivity (Wildman–Crippen MR) is 49.3 cm³/mol. The number of amides is 1. The first-order chi connectivity index (χ1) is 6.11. The van der Waals surface area contributed by atoms with Crippen molar-refractivity contribution in [1.29, 1.82) is 0 Å². The van der Waals surface area contributed by atoms with Crippen molar-refractivity contribution in [3.8, 4) is 0 Å². The van der Waals surface area contributed by atoms with Crippen LogP contribution in [0, 0.1) is 0 Å². The molecule has 7 heteroatoms. The van der Waals surface area contributed by atoms with Crippen LogP contribution in [-0.4, -0.2) is 33.0 Å². The number of β-lactam (4-membered cyclic amide) rings is 1. The van der Waals surface area contributed by atoms with Crippen molar-refractivity contribution in [3.05, 3.63) is 10.7 Å². The van der Waals surface area contributed by atoms with E-state index in [0.29, 0.717) is 12.2 Å². The van der Waals surface area contributed by atoms with Gasteiger partial charge in [-0.15, -0.1) is 11.8 Å². The quantitative estimate of drug-likeness (QED) is 0.425. The first-order valence-electron chi connectivity index (χ1n) is 3.67. The van der Waals surface area contributed by atoms with Gasteiger partial charge in [0, 0.05) is 5.75 Å². The van der Waals surface area contributed by atoms with Crippen LogP contribution in [0.25, 0.3) is 0 Å². The Kier molecular flexibility index (Phi) is 3.94. The van der Waals surface area contributed by atoms with Gasteiger partial charge in [0.1, 0.15) is 5.70 Å². The second-order valence-corrected chi connectivity index (χ2v) is 4.41. The Morgan fingerprint density at radius 3 is 2.79 bits per heavy atom. The molecule has 1 amide bonds. The molecule has 0 aliphatic carbocycles. The van der Waals surface area contributed by atoms with Gasteiger partial charge in [0.15, 0.2) is 0 Å². The third-order valence-electron chi connectivity index (χ3n) is 2.01. The molecule has 0 aromatic rings. The number of thioether (sulfide) groups is 1. The van der Waals surface area contributed by atoms with Crippen molar-refractivity contribution in [2.75, 3.05) is 5.75 Å². The average Bonchev–Trinajstić information content (AvgIpc) is 2.05. The van der Waals surface area contributed by atoms with E-state index in [9.17, 15) is 9.59 Å². The Morgan fingerprint density at radius 1 is 1.71 bits per heavy atom. The largest absolute Gasteiger partial charge is 1.00 e. The predicted octanol–water partition coefficient (Wildman–Crippen LogP) is -2.06. The topological polar surface area (TPSA) is 57.6 Å². The first kappa shape index (κ1) is 12.4. The van der Waals surface area contributed by atoms with Crippen LogP contribution in [0.2, 0.25) is 0 Å². The number of carbonyl (C=O) groups is 2. The molecule has 72 valence electrons. The summed E-state index contributed by atoms with van der Waals surface area (Å²) in [5, 5.41) is 9.04. The maximum Gasteiger partial charge on any atom is 1.00 e. The standard InChI is InChI=1S/C7H6ClNO3S.Na.H/c8-3-2-13-5-1-4(10)9(5)6(3)7(11)12;;/h5H,1-2H2,(H,11,12);;/q;+1;-1. The summed E-state index contributed by atoms with van der Waals surface area (Å²) < 4.78 is 0. The maximum absolute atomic E-state index is 11.1. The van der Waals surface area contributed by atoms with Crippen LogP contribution in [0.1, 0.15) is 7.85 Å². The number of nitrogens with zero attached hydrogens (tertiary/aromatic N) is 1. The summed E-state index contributed by atoms with van der Waals surface area (Å²) in [4.78, 5) is 23.1.